The van der Waals surface area contributed by atoms with Crippen molar-refractivity contribution in [2.75, 3.05) is 6.61 Å². The van der Waals surface area contributed by atoms with E-state index in [0.29, 0.717) is 5.56 Å². The number of hydrogen-bond donors (Lipinski definition) is 2. The summed E-state index contributed by atoms with van der Waals surface area (Å²) in [4.78, 5) is 49.5. The molecule has 0 aromatic heterocycles. The lowest BCUT2D eigenvalue weighted by molar-refractivity contribution is -0.157. The summed E-state index contributed by atoms with van der Waals surface area (Å²) in [7, 11) is 0. The molecule has 1 aromatic rings. The molecule has 2 N–H and O–H groups in total. The Morgan fingerprint density at radius 2 is 1.90 bits per heavy atom. The lowest BCUT2D eigenvalue weighted by Crippen LogP contribution is -2.52. The van der Waals surface area contributed by atoms with Gasteiger partial charge >= 0.3 is 5.97 Å². The van der Waals surface area contributed by atoms with Crippen LogP contribution in [0.15, 0.2) is 12.1 Å². The zero-order valence-corrected chi connectivity index (χ0v) is 17.9. The van der Waals surface area contributed by atoms with Gasteiger partial charge in [-0.05, 0) is 33.3 Å². The molecule has 3 amide bonds. The van der Waals surface area contributed by atoms with Gasteiger partial charge in [0.05, 0.1) is 12.1 Å². The van der Waals surface area contributed by atoms with Gasteiger partial charge in [-0.15, -0.1) is 0 Å². The fraction of sp³-hybridized carbons (Fsp3) is 0.524. The molecule has 0 aliphatic carbocycles. The quantitative estimate of drug-likeness (QED) is 0.563. The molecule has 1 fully saturated rings. The number of hydrogen-bond acceptors (Lipinski definition) is 7. The van der Waals surface area contributed by atoms with Crippen molar-refractivity contribution in [2.24, 2.45) is 0 Å². The lowest BCUT2D eigenvalue weighted by atomic mass is 10.0. The molecule has 1 atom stereocenters. The van der Waals surface area contributed by atoms with Crippen molar-refractivity contribution in [1.29, 1.82) is 0 Å². The molecule has 0 radical (unpaired) electrons. The molecule has 3 rings (SSSR count). The van der Waals surface area contributed by atoms with Crippen LogP contribution >= 0.6 is 0 Å². The molecule has 1 saturated heterocycles. The molecule has 164 valence electrons. The third-order valence-electron chi connectivity index (χ3n) is 4.37. The highest BCUT2D eigenvalue weighted by Crippen LogP contribution is 2.36. The molecule has 0 saturated carbocycles. The molecule has 0 bridgehead atoms. The Hall–Kier alpha value is -3.10. The molecule has 2 heterocycles. The van der Waals surface area contributed by atoms with Gasteiger partial charge in [0.15, 0.2) is 6.61 Å². The molecular weight excluding hydrogens is 392 g/mol. The van der Waals surface area contributed by atoms with Crippen LogP contribution in [0.3, 0.4) is 0 Å². The first-order valence-electron chi connectivity index (χ1n) is 9.90. The van der Waals surface area contributed by atoms with E-state index in [1.54, 1.807) is 20.8 Å². The van der Waals surface area contributed by atoms with Gasteiger partial charge in [0.1, 0.15) is 23.1 Å². The van der Waals surface area contributed by atoms with Crippen molar-refractivity contribution >= 4 is 23.7 Å². The van der Waals surface area contributed by atoms with Crippen LogP contribution < -0.4 is 10.1 Å². The summed E-state index contributed by atoms with van der Waals surface area (Å²) < 4.78 is 10.7. The van der Waals surface area contributed by atoms with E-state index in [4.69, 9.17) is 9.47 Å². The molecule has 1 unspecified atom stereocenters. The largest absolute Gasteiger partial charge is 0.508 e. The third-order valence-corrected chi connectivity index (χ3v) is 4.37. The number of piperidine rings is 1. The predicted molar refractivity (Wildman–Crippen MR) is 107 cm³/mol. The number of carbonyl (C=O) groups excluding carboxylic acids is 4. The van der Waals surface area contributed by atoms with Gasteiger partial charge in [0.2, 0.25) is 11.8 Å². The molecule has 2 aliphatic heterocycles. The maximum Gasteiger partial charge on any atom is 0.344 e. The van der Waals surface area contributed by atoms with E-state index in [-0.39, 0.29) is 49.0 Å². The zero-order chi connectivity index (χ0) is 22.6. The Bertz CT molecular complexity index is 858. The minimum absolute atomic E-state index is 0.0738. The van der Waals surface area contributed by atoms with Crippen LogP contribution in [0.5, 0.6) is 11.5 Å². The number of nitrogens with one attached hydrogen (secondary N) is 1. The maximum absolute atomic E-state index is 12.8. The van der Waals surface area contributed by atoms with Gasteiger partial charge in [-0.25, -0.2) is 4.79 Å². The average molecular weight is 420 g/mol. The summed E-state index contributed by atoms with van der Waals surface area (Å²) in [5.41, 5.74) is -0.000286. The number of phenols is 1. The van der Waals surface area contributed by atoms with Crippen LogP contribution in [0.4, 0.5) is 0 Å². The van der Waals surface area contributed by atoms with Crippen molar-refractivity contribution in [3.8, 4) is 11.5 Å². The summed E-state index contributed by atoms with van der Waals surface area (Å²) in [6.45, 7) is 8.87. The van der Waals surface area contributed by atoms with Gasteiger partial charge in [-0.1, -0.05) is 13.8 Å². The highest BCUT2D eigenvalue weighted by molar-refractivity contribution is 6.05. The number of benzene rings is 1. The number of carbonyl (C=O) groups is 4. The maximum atomic E-state index is 12.8. The molecule has 9 nitrogen and oxygen atoms in total. The minimum atomic E-state index is -0.779. The van der Waals surface area contributed by atoms with E-state index in [1.165, 1.54) is 17.0 Å². The monoisotopic (exact) mass is 420 g/mol. The number of rotatable bonds is 4. The number of nitrogens with zero attached hydrogens (tertiary/aromatic N) is 1. The average Bonchev–Trinajstić information content (AvgIpc) is 2.97. The van der Waals surface area contributed by atoms with Crippen LogP contribution in [-0.4, -0.2) is 51.9 Å². The Kier molecular flexibility index (Phi) is 7.07. The van der Waals surface area contributed by atoms with E-state index < -0.39 is 29.4 Å². The minimum Gasteiger partial charge on any atom is -0.508 e. The smallest absolute Gasteiger partial charge is 0.344 e. The molecule has 1 aromatic carbocycles. The van der Waals surface area contributed by atoms with Crippen molar-refractivity contribution in [2.45, 2.75) is 65.6 Å². The van der Waals surface area contributed by atoms with Crippen molar-refractivity contribution in [3.63, 3.8) is 0 Å². The van der Waals surface area contributed by atoms with Crippen LogP contribution in [0.2, 0.25) is 0 Å². The summed E-state index contributed by atoms with van der Waals surface area (Å²) in [6.07, 6.45) is 0.369. The number of esters is 1. The van der Waals surface area contributed by atoms with E-state index in [9.17, 15) is 24.3 Å². The van der Waals surface area contributed by atoms with Crippen LogP contribution in [0, 0.1) is 0 Å². The number of aromatic hydroxyl groups is 1. The van der Waals surface area contributed by atoms with Crippen molar-refractivity contribution in [3.05, 3.63) is 23.3 Å². The van der Waals surface area contributed by atoms with Crippen LogP contribution in [0.25, 0.3) is 0 Å². The fourth-order valence-electron chi connectivity index (χ4n) is 3.25. The molecule has 0 spiro atoms. The highest BCUT2D eigenvalue weighted by atomic mass is 16.6. The second-order valence-corrected chi connectivity index (χ2v) is 7.75. The lowest BCUT2D eigenvalue weighted by Gasteiger charge is -2.29. The van der Waals surface area contributed by atoms with Crippen LogP contribution in [-0.2, 0) is 25.7 Å². The van der Waals surface area contributed by atoms with Gasteiger partial charge in [-0.2, -0.15) is 0 Å². The molecule has 9 heteroatoms. The Morgan fingerprint density at radius 3 is 2.50 bits per heavy atom. The van der Waals surface area contributed by atoms with Crippen LogP contribution in [0.1, 0.15) is 63.4 Å². The molecule has 30 heavy (non-hydrogen) atoms. The highest BCUT2D eigenvalue weighted by Gasteiger charge is 2.40. The number of imide groups is 1. The second-order valence-electron chi connectivity index (χ2n) is 7.75. The Balaban J connectivity index is 0.00000155. The molecule has 2 aliphatic rings. The van der Waals surface area contributed by atoms with Gasteiger partial charge in [0.25, 0.3) is 5.91 Å². The molecular formula is C21H28N2O7. The number of phenolic OH excluding ortho intramolecular Hbond substituents is 1. The summed E-state index contributed by atoms with van der Waals surface area (Å²) in [5.74, 6) is -1.96. The number of ether oxygens (including phenoxy) is 2. The van der Waals surface area contributed by atoms with E-state index >= 15 is 0 Å². The summed E-state index contributed by atoms with van der Waals surface area (Å²) in [5, 5.41) is 12.2. The SMILES string of the molecule is CC.CC(C)(C)OC(=O)COc1cc(O)cc2c1CN(C1CCC(=O)NC1=O)C2=O. The first kappa shape index (κ1) is 23.2. The second kappa shape index (κ2) is 9.15. The fourth-order valence-corrected chi connectivity index (χ4v) is 3.25. The van der Waals surface area contributed by atoms with Gasteiger partial charge < -0.3 is 19.5 Å². The Labute approximate surface area is 175 Å². The van der Waals surface area contributed by atoms with Gasteiger partial charge in [0, 0.05) is 18.1 Å². The Morgan fingerprint density at radius 1 is 1.23 bits per heavy atom. The van der Waals surface area contributed by atoms with Crippen molar-refractivity contribution in [1.82, 2.24) is 10.2 Å². The zero-order valence-electron chi connectivity index (χ0n) is 17.9. The first-order valence-corrected chi connectivity index (χ1v) is 9.90. The number of amides is 3. The van der Waals surface area contributed by atoms with E-state index in [1.807, 2.05) is 13.8 Å². The first-order chi connectivity index (χ1) is 14.0. The topological polar surface area (TPSA) is 122 Å². The van der Waals surface area contributed by atoms with E-state index in [0.717, 1.165) is 0 Å². The number of fused-ring (bicyclic) bond motifs is 1. The summed E-state index contributed by atoms with van der Waals surface area (Å²) in [6, 6.07) is 1.83. The third kappa shape index (κ3) is 5.28. The van der Waals surface area contributed by atoms with Gasteiger partial charge in [-0.3, -0.25) is 19.7 Å². The normalized spacial score (nSPS) is 18.2. The standard InChI is InChI=1S/C19H22N2O7.C2H6/c1-19(2,3)28-16(24)9-27-14-7-10(22)6-11-12(14)8-21(18(11)26)13-4-5-15(23)20-17(13)25;1-2/h6-7,13,22H,4-5,8-9H2,1-3H3,(H,20,23,25);1-2H3. The van der Waals surface area contributed by atoms with Crippen molar-refractivity contribution < 1.29 is 33.8 Å². The predicted octanol–water partition coefficient (Wildman–Crippen LogP) is 1.90. The van der Waals surface area contributed by atoms with E-state index in [2.05, 4.69) is 5.32 Å². The summed E-state index contributed by atoms with van der Waals surface area (Å²) >= 11 is 0.